The Kier molecular flexibility index (Phi) is 8.37. The lowest BCUT2D eigenvalue weighted by atomic mass is 10.0. The molecule has 3 aromatic carbocycles. The van der Waals surface area contributed by atoms with Crippen LogP contribution in [0.2, 0.25) is 0 Å². The topological polar surface area (TPSA) is 78.5 Å². The average Bonchev–Trinajstić information content (AvgIpc) is 3.68. The summed E-state index contributed by atoms with van der Waals surface area (Å²) in [5, 5.41) is 3.88. The first-order valence-electron chi connectivity index (χ1n) is 13.3. The molecule has 1 amide bonds. The molecule has 3 aromatic rings. The maximum Gasteiger partial charge on any atom is 0.257 e. The number of carbonyl (C=O) groups excluding carboxylic acids is 1. The van der Waals surface area contributed by atoms with Gasteiger partial charge in [-0.25, -0.2) is 13.1 Å². The standard InChI is InChI=1S/C31H35N3O3S/c35-31(33-38(36,37)23-25-8-3-1-4-9-25)15-14-24-10-7-11-26(20-24)22-34-18-16-28(17-19-34)32-30-21-29(30)27-12-5-2-6-13-27/h1-15,20,28-30,32H,16-19,21-23H2,(H,33,35)/b15-14+. The Labute approximate surface area is 225 Å². The first-order valence-corrected chi connectivity index (χ1v) is 15.0. The quantitative estimate of drug-likeness (QED) is 0.379. The number of nitrogens with zero attached hydrogens (tertiary/aromatic N) is 1. The molecular weight excluding hydrogens is 494 g/mol. The molecule has 2 atom stereocenters. The van der Waals surface area contributed by atoms with Crippen molar-refractivity contribution in [3.63, 3.8) is 0 Å². The number of benzene rings is 3. The van der Waals surface area contributed by atoms with E-state index in [-0.39, 0.29) is 5.75 Å². The van der Waals surface area contributed by atoms with E-state index in [4.69, 9.17) is 0 Å². The second-order valence-corrected chi connectivity index (χ2v) is 12.1. The summed E-state index contributed by atoms with van der Waals surface area (Å²) in [6, 6.07) is 28.8. The lowest BCUT2D eigenvalue weighted by Gasteiger charge is -2.32. The number of carbonyl (C=O) groups is 1. The van der Waals surface area contributed by atoms with Crippen molar-refractivity contribution in [3.8, 4) is 0 Å². The van der Waals surface area contributed by atoms with Crippen molar-refractivity contribution in [1.82, 2.24) is 14.9 Å². The summed E-state index contributed by atoms with van der Waals surface area (Å²) in [5.41, 5.74) is 4.13. The van der Waals surface area contributed by atoms with Crippen molar-refractivity contribution in [2.75, 3.05) is 13.1 Å². The highest BCUT2D eigenvalue weighted by molar-refractivity contribution is 7.89. The van der Waals surface area contributed by atoms with Gasteiger partial charge in [0.05, 0.1) is 5.75 Å². The van der Waals surface area contributed by atoms with Gasteiger partial charge in [-0.3, -0.25) is 9.69 Å². The Morgan fingerprint density at radius 2 is 1.58 bits per heavy atom. The van der Waals surface area contributed by atoms with E-state index in [9.17, 15) is 13.2 Å². The molecule has 6 nitrogen and oxygen atoms in total. The second-order valence-electron chi connectivity index (χ2n) is 10.4. The zero-order valence-corrected chi connectivity index (χ0v) is 22.3. The maximum atomic E-state index is 12.3. The van der Waals surface area contributed by atoms with Crippen molar-refractivity contribution in [2.24, 2.45) is 0 Å². The molecule has 1 heterocycles. The van der Waals surface area contributed by atoms with E-state index in [1.165, 1.54) is 23.6 Å². The lowest BCUT2D eigenvalue weighted by molar-refractivity contribution is -0.114. The lowest BCUT2D eigenvalue weighted by Crippen LogP contribution is -2.43. The summed E-state index contributed by atoms with van der Waals surface area (Å²) in [7, 11) is -3.75. The molecule has 0 bridgehead atoms. The summed E-state index contributed by atoms with van der Waals surface area (Å²) < 4.78 is 26.7. The van der Waals surface area contributed by atoms with E-state index in [2.05, 4.69) is 57.4 Å². The largest absolute Gasteiger partial charge is 0.311 e. The number of hydrogen-bond acceptors (Lipinski definition) is 5. The Morgan fingerprint density at radius 1 is 0.895 bits per heavy atom. The predicted molar refractivity (Wildman–Crippen MR) is 152 cm³/mol. The van der Waals surface area contributed by atoms with Crippen LogP contribution in [-0.4, -0.2) is 44.4 Å². The van der Waals surface area contributed by atoms with E-state index >= 15 is 0 Å². The highest BCUT2D eigenvalue weighted by Crippen LogP contribution is 2.41. The van der Waals surface area contributed by atoms with E-state index in [1.54, 1.807) is 30.3 Å². The molecule has 1 saturated heterocycles. The number of sulfonamides is 1. The van der Waals surface area contributed by atoms with E-state index in [0.717, 1.165) is 38.0 Å². The van der Waals surface area contributed by atoms with Crippen LogP contribution in [0.15, 0.2) is 91.0 Å². The van der Waals surface area contributed by atoms with Gasteiger partial charge in [0.15, 0.2) is 0 Å². The molecule has 2 N–H and O–H groups in total. The molecule has 7 heteroatoms. The number of piperidine rings is 1. The van der Waals surface area contributed by atoms with Crippen LogP contribution in [0, 0.1) is 0 Å². The van der Waals surface area contributed by atoms with E-state index in [0.29, 0.717) is 23.6 Å². The van der Waals surface area contributed by atoms with Gasteiger partial charge in [0.2, 0.25) is 10.0 Å². The zero-order chi connectivity index (χ0) is 26.4. The van der Waals surface area contributed by atoms with Gasteiger partial charge in [0.1, 0.15) is 0 Å². The summed E-state index contributed by atoms with van der Waals surface area (Å²) >= 11 is 0. The maximum absolute atomic E-state index is 12.3. The van der Waals surface area contributed by atoms with Crippen molar-refractivity contribution in [2.45, 2.75) is 49.6 Å². The van der Waals surface area contributed by atoms with Crippen molar-refractivity contribution < 1.29 is 13.2 Å². The van der Waals surface area contributed by atoms with Crippen molar-refractivity contribution in [3.05, 3.63) is 113 Å². The van der Waals surface area contributed by atoms with Crippen LogP contribution in [0.5, 0.6) is 0 Å². The molecule has 0 radical (unpaired) electrons. The summed E-state index contributed by atoms with van der Waals surface area (Å²) in [6.07, 6.45) is 6.47. The van der Waals surface area contributed by atoms with Crippen LogP contribution in [0.25, 0.3) is 6.08 Å². The average molecular weight is 530 g/mol. The predicted octanol–water partition coefficient (Wildman–Crippen LogP) is 4.46. The molecule has 38 heavy (non-hydrogen) atoms. The van der Waals surface area contributed by atoms with Gasteiger partial charge < -0.3 is 5.32 Å². The fraction of sp³-hybridized carbons (Fsp3) is 0.323. The number of rotatable bonds is 10. The first kappa shape index (κ1) is 26.4. The third-order valence-corrected chi connectivity index (χ3v) is 8.52. The van der Waals surface area contributed by atoms with E-state index in [1.807, 2.05) is 18.2 Å². The van der Waals surface area contributed by atoms with Crippen LogP contribution < -0.4 is 10.0 Å². The SMILES string of the molecule is O=C(/C=C/c1cccc(CN2CCC(NC3CC3c3ccccc3)CC2)c1)NS(=O)(=O)Cc1ccccc1. The summed E-state index contributed by atoms with van der Waals surface area (Å²) in [6.45, 7) is 2.98. The van der Waals surface area contributed by atoms with Crippen LogP contribution in [0.3, 0.4) is 0 Å². The van der Waals surface area contributed by atoms with Gasteiger partial charge in [-0.1, -0.05) is 84.9 Å². The smallest absolute Gasteiger partial charge is 0.257 e. The minimum atomic E-state index is -3.75. The summed E-state index contributed by atoms with van der Waals surface area (Å²) in [4.78, 5) is 14.7. The molecule has 198 valence electrons. The molecule has 2 aliphatic rings. The van der Waals surface area contributed by atoms with Gasteiger partial charge in [0.25, 0.3) is 5.91 Å². The zero-order valence-electron chi connectivity index (χ0n) is 21.5. The minimum Gasteiger partial charge on any atom is -0.311 e. The molecule has 2 unspecified atom stereocenters. The van der Waals surface area contributed by atoms with Crippen LogP contribution in [0.4, 0.5) is 0 Å². The third kappa shape index (κ3) is 7.63. The molecule has 1 saturated carbocycles. The Hall–Kier alpha value is -3.26. The normalized spacial score (nSPS) is 20.4. The van der Waals surface area contributed by atoms with E-state index < -0.39 is 15.9 Å². The number of hydrogen-bond donors (Lipinski definition) is 2. The van der Waals surface area contributed by atoms with Gasteiger partial charge in [-0.05, 0) is 60.7 Å². The fourth-order valence-corrected chi connectivity index (χ4v) is 6.33. The Balaban J connectivity index is 1.06. The van der Waals surface area contributed by atoms with Crippen LogP contribution in [0.1, 0.15) is 47.4 Å². The first-order chi connectivity index (χ1) is 18.4. The minimum absolute atomic E-state index is 0.233. The van der Waals surface area contributed by atoms with Gasteiger partial charge >= 0.3 is 0 Å². The highest BCUT2D eigenvalue weighted by Gasteiger charge is 2.39. The molecular formula is C31H35N3O3S. The molecule has 1 aliphatic carbocycles. The second kappa shape index (κ2) is 12.1. The number of likely N-dealkylation sites (tertiary alicyclic amines) is 1. The summed E-state index contributed by atoms with van der Waals surface area (Å²) in [5.74, 6) is -0.217. The number of amides is 1. The van der Waals surface area contributed by atoms with Crippen molar-refractivity contribution in [1.29, 1.82) is 0 Å². The molecule has 5 rings (SSSR count). The van der Waals surface area contributed by atoms with Crippen LogP contribution >= 0.6 is 0 Å². The molecule has 0 spiro atoms. The Morgan fingerprint density at radius 3 is 2.32 bits per heavy atom. The fourth-order valence-electron chi connectivity index (χ4n) is 5.25. The third-order valence-electron chi connectivity index (χ3n) is 7.30. The number of nitrogens with one attached hydrogen (secondary N) is 2. The Bertz CT molecular complexity index is 1350. The monoisotopic (exact) mass is 529 g/mol. The van der Waals surface area contributed by atoms with Crippen molar-refractivity contribution >= 4 is 22.0 Å². The molecule has 2 fully saturated rings. The van der Waals surface area contributed by atoms with Crippen LogP contribution in [-0.2, 0) is 27.1 Å². The molecule has 0 aromatic heterocycles. The van der Waals surface area contributed by atoms with Gasteiger partial charge in [-0.2, -0.15) is 0 Å². The van der Waals surface area contributed by atoms with Gasteiger partial charge in [0, 0.05) is 30.6 Å². The van der Waals surface area contributed by atoms with Gasteiger partial charge in [-0.15, -0.1) is 0 Å². The highest BCUT2D eigenvalue weighted by atomic mass is 32.2. The molecule has 1 aliphatic heterocycles.